The van der Waals surface area contributed by atoms with Crippen molar-refractivity contribution in [2.75, 3.05) is 0 Å². The molecule has 0 atom stereocenters. The first-order chi connectivity index (χ1) is 5.84. The fourth-order valence-electron chi connectivity index (χ4n) is 1.16. The molecule has 0 saturated heterocycles. The second-order valence-corrected chi connectivity index (χ2v) is 25.1. The summed E-state index contributed by atoms with van der Waals surface area (Å²) in [6.45, 7) is 7.69. The van der Waals surface area contributed by atoms with Gasteiger partial charge in [-0.15, -0.1) is 22.2 Å². The van der Waals surface area contributed by atoms with E-state index in [1.54, 1.807) is 0 Å². The molecule has 0 aliphatic carbocycles. The van der Waals surface area contributed by atoms with Gasteiger partial charge >= 0.3 is 0 Å². The van der Waals surface area contributed by atoms with E-state index in [-0.39, 0.29) is 0 Å². The Balaban J connectivity index is 5.26. The molecule has 7 heteroatoms. The smallest absolute Gasteiger partial charge is 0.162 e. The molecule has 0 aromatic carbocycles. The lowest BCUT2D eigenvalue weighted by atomic mass is 11.2. The maximum atomic E-state index is 6.39. The Hall–Kier alpha value is 1.55. The lowest BCUT2D eigenvalue weighted by Gasteiger charge is -2.27. The van der Waals surface area contributed by atoms with Crippen LogP contribution in [0.4, 0.5) is 0 Å². The third kappa shape index (κ3) is 6.20. The number of hydrogen-bond acceptors (Lipinski definition) is 0. The molecule has 0 aliphatic rings. The van der Waals surface area contributed by atoms with Crippen molar-refractivity contribution < 1.29 is 0 Å². The van der Waals surface area contributed by atoms with Crippen LogP contribution in [-0.2, 0) is 0 Å². The van der Waals surface area contributed by atoms with Crippen molar-refractivity contribution in [1.82, 2.24) is 0 Å². The molecule has 0 fully saturated rings. The van der Waals surface area contributed by atoms with Crippen molar-refractivity contribution in [3.63, 3.8) is 0 Å². The highest BCUT2D eigenvalue weighted by atomic mass is 35.7. The zero-order valence-electron chi connectivity index (χ0n) is 9.09. The average Bonchev–Trinajstić information content (AvgIpc) is 1.75. The summed E-state index contributed by atoms with van der Waals surface area (Å²) in [6, 6.07) is 0. The fraction of sp³-hybridized carbons (Fsp3) is 0.714. The molecule has 0 heterocycles. The molecule has 0 aromatic rings. The third-order valence-corrected chi connectivity index (χ3v) is 12.6. The van der Waals surface area contributed by atoms with E-state index in [1.807, 2.05) is 32.7 Å². The molecule has 0 radical (unpaired) electrons. The molecule has 14 heavy (non-hydrogen) atoms. The van der Waals surface area contributed by atoms with Crippen LogP contribution in [-0.4, -0.2) is 21.5 Å². The summed E-state index contributed by atoms with van der Waals surface area (Å²) in [5.74, 6) is 0. The Kier molecular flexibility index (Phi) is 5.35. The summed E-state index contributed by atoms with van der Waals surface area (Å²) in [5.41, 5.74) is 2.07. The largest absolute Gasteiger partial charge is 0.270 e. The molecule has 0 aliphatic heterocycles. The second-order valence-electron chi connectivity index (χ2n) is 4.48. The predicted molar refractivity (Wildman–Crippen MR) is 78.1 cm³/mol. The van der Waals surface area contributed by atoms with E-state index >= 15 is 0 Å². The highest BCUT2D eigenvalue weighted by molar-refractivity contribution is 7.54. The van der Waals surface area contributed by atoms with Gasteiger partial charge in [-0.2, -0.15) is 22.2 Å². The van der Waals surface area contributed by atoms with Gasteiger partial charge < -0.3 is 0 Å². The molecular formula is C7H16Cl4Si3. The molecular weight excluding hydrogens is 310 g/mol. The van der Waals surface area contributed by atoms with E-state index in [0.29, 0.717) is 0 Å². The van der Waals surface area contributed by atoms with E-state index in [1.165, 1.54) is 0 Å². The van der Waals surface area contributed by atoms with Crippen LogP contribution < -0.4 is 0 Å². The zero-order valence-corrected chi connectivity index (χ0v) is 15.1. The van der Waals surface area contributed by atoms with Crippen LogP contribution in [0, 0.1) is 0 Å². The van der Waals surface area contributed by atoms with Crippen LogP contribution in [0.15, 0.2) is 10.5 Å². The monoisotopic (exact) mass is 324 g/mol. The van der Waals surface area contributed by atoms with Crippen LogP contribution in [0.1, 0.15) is 0 Å². The maximum absolute atomic E-state index is 6.39. The van der Waals surface area contributed by atoms with E-state index < -0.39 is 21.5 Å². The molecule has 0 unspecified atom stereocenters. The highest BCUT2D eigenvalue weighted by Gasteiger charge is 2.39. The third-order valence-electron chi connectivity index (χ3n) is 1.60. The molecule has 0 N–H and O–H groups in total. The minimum absolute atomic E-state index is 1.06. The fourth-order valence-corrected chi connectivity index (χ4v) is 19.8. The van der Waals surface area contributed by atoms with Crippen LogP contribution >= 0.6 is 44.3 Å². The minimum atomic E-state index is -2.35. The lowest BCUT2D eigenvalue weighted by molar-refractivity contribution is 1.83. The van der Waals surface area contributed by atoms with Gasteiger partial charge in [-0.3, -0.25) is 0 Å². The van der Waals surface area contributed by atoms with E-state index in [2.05, 4.69) is 5.70 Å². The first kappa shape index (κ1) is 15.6. The zero-order chi connectivity index (χ0) is 11.8. The summed E-state index contributed by atoms with van der Waals surface area (Å²) in [4.78, 5) is 1.06. The van der Waals surface area contributed by atoms with Gasteiger partial charge in [0.15, 0.2) is 14.8 Å². The molecule has 0 bridgehead atoms. The number of rotatable bonds is 3. The average molecular weight is 326 g/mol. The summed E-state index contributed by atoms with van der Waals surface area (Å²) in [7, 11) is -3.76. The van der Waals surface area contributed by atoms with Gasteiger partial charge in [0, 0.05) is 0 Å². The van der Waals surface area contributed by atoms with Gasteiger partial charge in [0.2, 0.25) is 0 Å². The summed E-state index contributed by atoms with van der Waals surface area (Å²) < 4.78 is 0. The summed E-state index contributed by atoms with van der Waals surface area (Å²) in [6.07, 6.45) is 0. The Labute approximate surface area is 108 Å². The normalized spacial score (nSPS) is 15.9. The van der Waals surface area contributed by atoms with Crippen molar-refractivity contribution in [2.24, 2.45) is 0 Å². The Morgan fingerprint density at radius 2 is 1.21 bits per heavy atom. The van der Waals surface area contributed by atoms with Crippen molar-refractivity contribution in [2.45, 2.75) is 32.7 Å². The van der Waals surface area contributed by atoms with Gasteiger partial charge in [0.05, 0.1) is 0 Å². The van der Waals surface area contributed by atoms with E-state index in [0.717, 1.165) is 4.82 Å². The lowest BCUT2D eigenvalue weighted by Crippen LogP contribution is -2.37. The first-order valence-corrected chi connectivity index (χ1v) is 17.0. The Bertz CT molecular complexity index is 215. The van der Waals surface area contributed by atoms with E-state index in [9.17, 15) is 0 Å². The Morgan fingerprint density at radius 1 is 0.857 bits per heavy atom. The topological polar surface area (TPSA) is 0 Å². The molecule has 0 spiro atoms. The van der Waals surface area contributed by atoms with Gasteiger partial charge in [-0.05, 0) is 6.55 Å². The van der Waals surface area contributed by atoms with Crippen molar-refractivity contribution in [3.05, 3.63) is 10.5 Å². The van der Waals surface area contributed by atoms with Crippen molar-refractivity contribution >= 4 is 65.8 Å². The number of halogens is 4. The molecule has 0 nitrogen and oxygen atoms in total. The van der Waals surface area contributed by atoms with E-state index in [4.69, 9.17) is 44.3 Å². The Morgan fingerprint density at radius 3 is 1.29 bits per heavy atom. The maximum Gasteiger partial charge on any atom is 0.270 e. The standard InChI is InChI=1S/C7H16Cl4Si3/c1-12(2,8)6-7(13(3,4)9)14(5,10)11/h6H,1-5H3/b7-6-. The van der Waals surface area contributed by atoms with Crippen LogP contribution in [0.25, 0.3) is 0 Å². The predicted octanol–water partition coefficient (Wildman–Crippen LogP) is 4.97. The van der Waals surface area contributed by atoms with Crippen LogP contribution in [0.2, 0.25) is 32.7 Å². The first-order valence-electron chi connectivity index (χ1n) is 4.33. The molecule has 84 valence electrons. The summed E-state index contributed by atoms with van der Waals surface area (Å²) in [5, 5.41) is 0. The van der Waals surface area contributed by atoms with Crippen molar-refractivity contribution in [1.29, 1.82) is 0 Å². The van der Waals surface area contributed by atoms with Crippen LogP contribution in [0.3, 0.4) is 0 Å². The van der Waals surface area contributed by atoms with Crippen LogP contribution in [0.5, 0.6) is 0 Å². The van der Waals surface area contributed by atoms with Gasteiger partial charge in [0.25, 0.3) is 6.69 Å². The quantitative estimate of drug-likeness (QED) is 0.507. The number of hydrogen-bond donors (Lipinski definition) is 0. The second kappa shape index (κ2) is 4.82. The molecule has 0 saturated carbocycles. The molecule has 0 amide bonds. The minimum Gasteiger partial charge on any atom is -0.162 e. The van der Waals surface area contributed by atoms with Crippen molar-refractivity contribution in [3.8, 4) is 0 Å². The molecule has 0 rings (SSSR count). The molecule has 0 aromatic heterocycles. The highest BCUT2D eigenvalue weighted by Crippen LogP contribution is 2.35. The SMILES string of the molecule is C[Si](C)(Cl)/C=C(/[Si](C)(C)Cl)[Si](C)(Cl)Cl. The van der Waals surface area contributed by atoms with Gasteiger partial charge in [-0.25, -0.2) is 0 Å². The van der Waals surface area contributed by atoms with Gasteiger partial charge in [-0.1, -0.05) is 36.7 Å². The van der Waals surface area contributed by atoms with Gasteiger partial charge in [0.1, 0.15) is 0 Å². The summed E-state index contributed by atoms with van der Waals surface area (Å²) >= 11 is 25.1.